The zero-order chi connectivity index (χ0) is 21.8. The van der Waals surface area contributed by atoms with Gasteiger partial charge in [-0.1, -0.05) is 36.8 Å². The van der Waals surface area contributed by atoms with E-state index in [9.17, 15) is 9.59 Å². The molecule has 4 rings (SSSR count). The number of halogens is 1. The lowest BCUT2D eigenvalue weighted by Gasteiger charge is -2.37. The molecule has 1 N–H and O–H groups in total. The number of ether oxygens (including phenoxy) is 1. The number of anilines is 2. The summed E-state index contributed by atoms with van der Waals surface area (Å²) < 4.78 is 5.25. The van der Waals surface area contributed by atoms with Gasteiger partial charge >= 0.3 is 0 Å². The van der Waals surface area contributed by atoms with Gasteiger partial charge in [0, 0.05) is 43.9 Å². The van der Waals surface area contributed by atoms with Crippen LogP contribution in [0.5, 0.6) is 5.75 Å². The molecule has 1 fully saturated rings. The zero-order valence-corrected chi connectivity index (χ0v) is 19.1. The van der Waals surface area contributed by atoms with Crippen molar-refractivity contribution in [1.29, 1.82) is 0 Å². The average molecular weight is 452 g/mol. The maximum absolute atomic E-state index is 12.3. The fraction of sp³-hybridized carbons (Fsp3) is 0.500. The summed E-state index contributed by atoms with van der Waals surface area (Å²) in [6.45, 7) is 7.96. The van der Waals surface area contributed by atoms with E-state index >= 15 is 0 Å². The molecule has 2 aromatic heterocycles. The molecule has 1 saturated heterocycles. The molecule has 2 aromatic rings. The highest BCUT2D eigenvalue weighted by Gasteiger charge is 2.34. The second-order valence-electron chi connectivity index (χ2n) is 6.86. The minimum atomic E-state index is -0.158. The molecule has 0 unspecified atom stereocenters. The molecule has 2 amide bonds. The number of carbonyl (C=O) groups is 2. The van der Waals surface area contributed by atoms with Crippen LogP contribution in [0.25, 0.3) is 0 Å². The van der Waals surface area contributed by atoms with Gasteiger partial charge in [-0.3, -0.25) is 9.59 Å². The molecule has 2 aliphatic rings. The highest BCUT2D eigenvalue weighted by atomic mass is 35.5. The van der Waals surface area contributed by atoms with Crippen LogP contribution in [0.15, 0.2) is 12.3 Å². The van der Waals surface area contributed by atoms with Gasteiger partial charge in [0.25, 0.3) is 0 Å². The van der Waals surface area contributed by atoms with Gasteiger partial charge in [0.05, 0.1) is 37.2 Å². The Morgan fingerprint density at radius 3 is 2.73 bits per heavy atom. The van der Waals surface area contributed by atoms with Crippen molar-refractivity contribution in [2.24, 2.45) is 5.92 Å². The number of fused-ring (bicyclic) bond motifs is 1. The van der Waals surface area contributed by atoms with Crippen LogP contribution < -0.4 is 15.0 Å². The number of thiazole rings is 1. The monoisotopic (exact) mass is 451 g/mol. The fourth-order valence-corrected chi connectivity index (χ4v) is 4.52. The van der Waals surface area contributed by atoms with Crippen LogP contribution in [0.2, 0.25) is 5.15 Å². The number of hydrogen-bond acceptors (Lipinski definition) is 7. The summed E-state index contributed by atoms with van der Waals surface area (Å²) in [7, 11) is 1.57. The summed E-state index contributed by atoms with van der Waals surface area (Å²) >= 11 is 7.50. The molecule has 4 heterocycles. The second kappa shape index (κ2) is 9.61. The molecule has 0 atom stereocenters. The predicted molar refractivity (Wildman–Crippen MR) is 118 cm³/mol. The van der Waals surface area contributed by atoms with Crippen molar-refractivity contribution in [3.8, 4) is 5.75 Å². The zero-order valence-electron chi connectivity index (χ0n) is 17.6. The number of methoxy groups -OCH3 is 1. The van der Waals surface area contributed by atoms with E-state index in [0.717, 1.165) is 29.2 Å². The molecule has 0 bridgehead atoms. The number of hydrogen-bond donors (Lipinski definition) is 1. The first-order valence-electron chi connectivity index (χ1n) is 9.94. The fourth-order valence-electron chi connectivity index (χ4n) is 3.31. The Bertz CT molecular complexity index is 929. The van der Waals surface area contributed by atoms with E-state index in [1.807, 2.05) is 19.9 Å². The van der Waals surface area contributed by atoms with Crippen molar-refractivity contribution < 1.29 is 14.3 Å². The standard InChI is InChI=1S/C18H20ClN5O3S.C2H6/c1-10(25)24-7-11(8-24)17(26)22-18-21-13-3-4-23(9-15(13)28-18)12-5-14(27-2)16(19)20-6-12;1-2/h5-6,11H,3-4,7-9H2,1-2H3,(H,21,22,26);1-2H3. The van der Waals surface area contributed by atoms with E-state index in [2.05, 4.69) is 20.2 Å². The Balaban J connectivity index is 0.00000124. The molecule has 162 valence electrons. The molecule has 0 saturated carbocycles. The maximum Gasteiger partial charge on any atom is 0.232 e. The van der Waals surface area contributed by atoms with Crippen molar-refractivity contribution >= 4 is 45.6 Å². The number of rotatable bonds is 4. The van der Waals surface area contributed by atoms with Gasteiger partial charge in [-0.25, -0.2) is 9.97 Å². The van der Waals surface area contributed by atoms with Gasteiger partial charge in [-0.2, -0.15) is 0 Å². The lowest BCUT2D eigenvalue weighted by atomic mass is 9.99. The van der Waals surface area contributed by atoms with Gasteiger partial charge < -0.3 is 19.9 Å². The van der Waals surface area contributed by atoms with Gasteiger partial charge in [-0.15, -0.1) is 0 Å². The van der Waals surface area contributed by atoms with Crippen LogP contribution >= 0.6 is 22.9 Å². The van der Waals surface area contributed by atoms with Crippen LogP contribution in [-0.2, 0) is 22.6 Å². The maximum atomic E-state index is 12.3. The van der Waals surface area contributed by atoms with Crippen LogP contribution in [0, 0.1) is 5.92 Å². The molecule has 10 heteroatoms. The van der Waals surface area contributed by atoms with E-state index in [4.69, 9.17) is 16.3 Å². The van der Waals surface area contributed by atoms with Gasteiger partial charge in [0.1, 0.15) is 0 Å². The van der Waals surface area contributed by atoms with Crippen LogP contribution in [0.3, 0.4) is 0 Å². The highest BCUT2D eigenvalue weighted by Crippen LogP contribution is 2.33. The van der Waals surface area contributed by atoms with E-state index in [1.54, 1.807) is 18.2 Å². The first kappa shape index (κ1) is 22.3. The van der Waals surface area contributed by atoms with Crippen molar-refractivity contribution in [3.63, 3.8) is 0 Å². The molecule has 0 aliphatic carbocycles. The first-order valence-corrected chi connectivity index (χ1v) is 11.1. The molecule has 2 aliphatic heterocycles. The Hall–Kier alpha value is -2.39. The topological polar surface area (TPSA) is 87.7 Å². The molecular weight excluding hydrogens is 426 g/mol. The quantitative estimate of drug-likeness (QED) is 0.718. The Kier molecular flexibility index (Phi) is 7.14. The SMILES string of the molecule is CC.COc1cc(N2CCc3nc(NC(=O)C4CN(C(C)=O)C4)sc3C2)cnc1Cl. The summed E-state index contributed by atoms with van der Waals surface area (Å²) in [5, 5.41) is 3.86. The highest BCUT2D eigenvalue weighted by molar-refractivity contribution is 7.15. The van der Waals surface area contributed by atoms with E-state index in [-0.39, 0.29) is 17.7 Å². The van der Waals surface area contributed by atoms with Gasteiger partial charge in [0.2, 0.25) is 11.8 Å². The molecule has 0 radical (unpaired) electrons. The van der Waals surface area contributed by atoms with Gasteiger partial charge in [-0.05, 0) is 0 Å². The Labute approximate surface area is 185 Å². The molecule has 8 nitrogen and oxygen atoms in total. The minimum Gasteiger partial charge on any atom is -0.493 e. The van der Waals surface area contributed by atoms with E-state index < -0.39 is 0 Å². The van der Waals surface area contributed by atoms with Crippen molar-refractivity contribution in [2.75, 3.05) is 37.0 Å². The third-order valence-electron chi connectivity index (χ3n) is 5.04. The first-order chi connectivity index (χ1) is 14.4. The summed E-state index contributed by atoms with van der Waals surface area (Å²) in [5.41, 5.74) is 1.95. The van der Waals surface area contributed by atoms with Crippen LogP contribution in [0.4, 0.5) is 10.8 Å². The summed E-state index contributed by atoms with van der Waals surface area (Å²) in [4.78, 5) is 37.3. The molecular formula is C20H26ClN5O3S. The normalized spacial score (nSPS) is 15.5. The molecule has 0 aromatic carbocycles. The number of carbonyl (C=O) groups excluding carboxylic acids is 2. The third kappa shape index (κ3) is 4.67. The van der Waals surface area contributed by atoms with Crippen molar-refractivity contribution in [2.45, 2.75) is 33.7 Å². The number of aromatic nitrogens is 2. The van der Waals surface area contributed by atoms with Crippen LogP contribution in [0.1, 0.15) is 31.3 Å². The van der Waals surface area contributed by atoms with E-state index in [0.29, 0.717) is 35.7 Å². The summed E-state index contributed by atoms with van der Waals surface area (Å²) in [5.74, 6) is 0.311. The molecule has 30 heavy (non-hydrogen) atoms. The summed E-state index contributed by atoms with van der Waals surface area (Å²) in [6.07, 6.45) is 2.52. The van der Waals surface area contributed by atoms with Crippen molar-refractivity contribution in [1.82, 2.24) is 14.9 Å². The summed E-state index contributed by atoms with van der Waals surface area (Å²) in [6, 6.07) is 1.88. The number of likely N-dealkylation sites (tertiary alicyclic amines) is 1. The predicted octanol–water partition coefficient (Wildman–Crippen LogP) is 3.21. The number of nitrogens with zero attached hydrogens (tertiary/aromatic N) is 4. The smallest absolute Gasteiger partial charge is 0.232 e. The minimum absolute atomic E-state index is 0.00201. The number of amides is 2. The van der Waals surface area contributed by atoms with Gasteiger partial charge in [0.15, 0.2) is 16.0 Å². The largest absolute Gasteiger partial charge is 0.493 e. The molecule has 0 spiro atoms. The lowest BCUT2D eigenvalue weighted by molar-refractivity contribution is -0.139. The Morgan fingerprint density at radius 1 is 1.33 bits per heavy atom. The lowest BCUT2D eigenvalue weighted by Crippen LogP contribution is -2.53. The average Bonchev–Trinajstić information content (AvgIpc) is 3.09. The third-order valence-corrected chi connectivity index (χ3v) is 6.32. The number of nitrogens with one attached hydrogen (secondary N) is 1. The number of pyridine rings is 1. The second-order valence-corrected chi connectivity index (χ2v) is 8.30. The van der Waals surface area contributed by atoms with E-state index in [1.165, 1.54) is 18.3 Å². The van der Waals surface area contributed by atoms with Crippen molar-refractivity contribution in [3.05, 3.63) is 28.0 Å². The Morgan fingerprint density at radius 2 is 2.07 bits per heavy atom. The van der Waals surface area contributed by atoms with Crippen LogP contribution in [-0.4, -0.2) is 53.4 Å².